The molecule has 2 N–H and O–H groups in total. The number of likely N-dealkylation sites (N-methyl/N-ethyl adjacent to an activating group) is 1. The lowest BCUT2D eigenvalue weighted by Crippen LogP contribution is -2.47. The lowest BCUT2D eigenvalue weighted by Gasteiger charge is -2.27. The van der Waals surface area contributed by atoms with E-state index >= 15 is 0 Å². The fourth-order valence-electron chi connectivity index (χ4n) is 2.18. The minimum absolute atomic E-state index is 0.177. The van der Waals surface area contributed by atoms with Gasteiger partial charge >= 0.3 is 0 Å². The molecule has 2 rings (SSSR count). The standard InChI is InChI=1S/C15H20N4O3/c1-15(21,9-19(2)3)8-16-14(20)12-6-4-11(5-7-12)13-17-10-22-18-13/h4-7,10,21H,8-9H2,1-3H3,(H,16,20). The van der Waals surface area contributed by atoms with Crippen LogP contribution in [-0.4, -0.2) is 58.8 Å². The first-order chi connectivity index (χ1) is 10.4. The third-order valence-electron chi connectivity index (χ3n) is 3.05. The third kappa shape index (κ3) is 4.37. The SMILES string of the molecule is CN(C)CC(C)(O)CNC(=O)c1ccc(-c2ncon2)cc1. The molecule has 1 aromatic heterocycles. The largest absolute Gasteiger partial charge is 0.387 e. The summed E-state index contributed by atoms with van der Waals surface area (Å²) in [7, 11) is 3.74. The molecule has 7 nitrogen and oxygen atoms in total. The number of hydrogen-bond donors (Lipinski definition) is 2. The van der Waals surface area contributed by atoms with E-state index in [9.17, 15) is 9.90 Å². The van der Waals surface area contributed by atoms with Crippen LogP contribution in [0.3, 0.4) is 0 Å². The molecule has 1 amide bonds. The van der Waals surface area contributed by atoms with E-state index in [0.717, 1.165) is 5.56 Å². The number of nitrogens with zero attached hydrogens (tertiary/aromatic N) is 3. The predicted octanol–water partition coefficient (Wildman–Crippen LogP) is 0.779. The molecule has 0 fully saturated rings. The molecule has 1 unspecified atom stereocenters. The number of carbonyl (C=O) groups excluding carboxylic acids is 1. The Kier molecular flexibility index (Phi) is 4.89. The van der Waals surface area contributed by atoms with E-state index in [-0.39, 0.29) is 12.5 Å². The van der Waals surface area contributed by atoms with Crippen LogP contribution in [0.15, 0.2) is 35.2 Å². The number of amides is 1. The molecule has 0 saturated carbocycles. The van der Waals surface area contributed by atoms with Gasteiger partial charge in [0.25, 0.3) is 5.91 Å². The van der Waals surface area contributed by atoms with Gasteiger partial charge in [-0.15, -0.1) is 0 Å². The summed E-state index contributed by atoms with van der Waals surface area (Å²) in [4.78, 5) is 17.9. The van der Waals surface area contributed by atoms with Crippen LogP contribution < -0.4 is 5.32 Å². The van der Waals surface area contributed by atoms with Gasteiger partial charge in [-0.25, -0.2) is 0 Å². The van der Waals surface area contributed by atoms with Gasteiger partial charge in [-0.2, -0.15) is 4.98 Å². The van der Waals surface area contributed by atoms with Crippen LogP contribution in [0.1, 0.15) is 17.3 Å². The molecular formula is C15H20N4O3. The van der Waals surface area contributed by atoms with E-state index in [1.54, 1.807) is 31.2 Å². The average molecular weight is 304 g/mol. The van der Waals surface area contributed by atoms with Crippen LogP contribution in [0.2, 0.25) is 0 Å². The zero-order valence-corrected chi connectivity index (χ0v) is 12.9. The van der Waals surface area contributed by atoms with Gasteiger partial charge in [-0.1, -0.05) is 17.3 Å². The number of aromatic nitrogens is 2. The molecule has 0 aliphatic rings. The Morgan fingerprint density at radius 1 is 1.36 bits per heavy atom. The Bertz CT molecular complexity index is 606. The normalized spacial score (nSPS) is 13.9. The summed E-state index contributed by atoms with van der Waals surface area (Å²) in [5.41, 5.74) is 0.293. The van der Waals surface area contributed by atoms with Gasteiger partial charge in [-0.3, -0.25) is 4.79 Å². The number of hydrogen-bond acceptors (Lipinski definition) is 6. The minimum Gasteiger partial charge on any atom is -0.387 e. The Labute approximate surface area is 128 Å². The molecule has 1 aromatic carbocycles. The summed E-state index contributed by atoms with van der Waals surface area (Å²) in [6.45, 7) is 2.33. The monoisotopic (exact) mass is 304 g/mol. The van der Waals surface area contributed by atoms with Crippen LogP contribution in [0.5, 0.6) is 0 Å². The molecule has 22 heavy (non-hydrogen) atoms. The van der Waals surface area contributed by atoms with Crippen LogP contribution in [-0.2, 0) is 0 Å². The summed E-state index contributed by atoms with van der Waals surface area (Å²) in [6, 6.07) is 6.86. The van der Waals surface area contributed by atoms with Gasteiger partial charge in [0.1, 0.15) is 0 Å². The van der Waals surface area contributed by atoms with Crippen molar-refractivity contribution in [1.82, 2.24) is 20.4 Å². The zero-order chi connectivity index (χ0) is 16.2. The van der Waals surface area contributed by atoms with Crippen molar-refractivity contribution in [2.24, 2.45) is 0 Å². The fraction of sp³-hybridized carbons (Fsp3) is 0.400. The second-order valence-electron chi connectivity index (χ2n) is 5.75. The summed E-state index contributed by atoms with van der Waals surface area (Å²) in [5.74, 6) is 0.236. The number of aliphatic hydroxyl groups is 1. The number of carbonyl (C=O) groups is 1. The van der Waals surface area contributed by atoms with Gasteiger partial charge in [0, 0.05) is 24.2 Å². The summed E-state index contributed by atoms with van der Waals surface area (Å²) in [5, 5.41) is 16.6. The number of nitrogens with one attached hydrogen (secondary N) is 1. The second kappa shape index (κ2) is 6.67. The molecule has 118 valence electrons. The fourth-order valence-corrected chi connectivity index (χ4v) is 2.18. The van der Waals surface area contributed by atoms with Gasteiger partial charge < -0.3 is 19.8 Å². The topological polar surface area (TPSA) is 91.5 Å². The van der Waals surface area contributed by atoms with Crippen molar-refractivity contribution in [2.45, 2.75) is 12.5 Å². The Morgan fingerprint density at radius 2 is 2.05 bits per heavy atom. The van der Waals surface area contributed by atoms with E-state index in [4.69, 9.17) is 0 Å². The van der Waals surface area contributed by atoms with E-state index in [1.807, 2.05) is 19.0 Å². The smallest absolute Gasteiger partial charge is 0.251 e. The zero-order valence-electron chi connectivity index (χ0n) is 12.9. The number of rotatable bonds is 6. The molecule has 0 aliphatic carbocycles. The predicted molar refractivity (Wildman–Crippen MR) is 81.2 cm³/mol. The molecule has 0 spiro atoms. The Morgan fingerprint density at radius 3 is 2.59 bits per heavy atom. The van der Waals surface area contributed by atoms with Crippen molar-refractivity contribution in [3.05, 3.63) is 36.2 Å². The first-order valence-corrected chi connectivity index (χ1v) is 6.89. The maximum Gasteiger partial charge on any atom is 0.251 e. The van der Waals surface area contributed by atoms with E-state index in [1.165, 1.54) is 6.39 Å². The van der Waals surface area contributed by atoms with Crippen molar-refractivity contribution < 1.29 is 14.4 Å². The molecule has 0 radical (unpaired) electrons. The van der Waals surface area contributed by atoms with Gasteiger partial charge in [0.15, 0.2) is 0 Å². The Balaban J connectivity index is 1.96. The molecule has 1 heterocycles. The Hall–Kier alpha value is -2.25. The lowest BCUT2D eigenvalue weighted by atomic mass is 10.1. The van der Waals surface area contributed by atoms with Gasteiger partial charge in [0.2, 0.25) is 12.2 Å². The van der Waals surface area contributed by atoms with Crippen molar-refractivity contribution in [1.29, 1.82) is 0 Å². The molecule has 0 bridgehead atoms. The van der Waals surface area contributed by atoms with Crippen molar-refractivity contribution in [3.8, 4) is 11.4 Å². The lowest BCUT2D eigenvalue weighted by molar-refractivity contribution is 0.0326. The molecule has 7 heteroatoms. The van der Waals surface area contributed by atoms with Crippen molar-refractivity contribution in [2.75, 3.05) is 27.2 Å². The van der Waals surface area contributed by atoms with E-state index < -0.39 is 5.60 Å². The number of benzene rings is 1. The molecular weight excluding hydrogens is 284 g/mol. The van der Waals surface area contributed by atoms with Crippen molar-refractivity contribution in [3.63, 3.8) is 0 Å². The summed E-state index contributed by atoms with van der Waals surface area (Å²) >= 11 is 0. The second-order valence-corrected chi connectivity index (χ2v) is 5.75. The van der Waals surface area contributed by atoms with E-state index in [2.05, 4.69) is 20.0 Å². The maximum absolute atomic E-state index is 12.1. The molecule has 2 aromatic rings. The molecule has 0 saturated heterocycles. The highest BCUT2D eigenvalue weighted by Crippen LogP contribution is 2.15. The van der Waals surface area contributed by atoms with Crippen LogP contribution >= 0.6 is 0 Å². The van der Waals surface area contributed by atoms with E-state index in [0.29, 0.717) is 17.9 Å². The quantitative estimate of drug-likeness (QED) is 0.819. The van der Waals surface area contributed by atoms with Gasteiger partial charge in [-0.05, 0) is 33.2 Å². The van der Waals surface area contributed by atoms with Crippen molar-refractivity contribution >= 4 is 5.91 Å². The highest BCUT2D eigenvalue weighted by atomic mass is 16.5. The summed E-state index contributed by atoms with van der Waals surface area (Å²) < 4.78 is 4.68. The summed E-state index contributed by atoms with van der Waals surface area (Å²) in [6.07, 6.45) is 1.25. The van der Waals surface area contributed by atoms with Crippen LogP contribution in [0, 0.1) is 0 Å². The maximum atomic E-state index is 12.1. The first-order valence-electron chi connectivity index (χ1n) is 6.89. The molecule has 1 atom stereocenters. The minimum atomic E-state index is -0.982. The highest BCUT2D eigenvalue weighted by molar-refractivity contribution is 5.94. The molecule has 0 aliphatic heterocycles. The van der Waals surface area contributed by atoms with Crippen LogP contribution in [0.25, 0.3) is 11.4 Å². The average Bonchev–Trinajstić information content (AvgIpc) is 2.98. The van der Waals surface area contributed by atoms with Crippen LogP contribution in [0.4, 0.5) is 0 Å². The van der Waals surface area contributed by atoms with Gasteiger partial charge in [0.05, 0.1) is 5.60 Å². The third-order valence-corrected chi connectivity index (χ3v) is 3.05. The highest BCUT2D eigenvalue weighted by Gasteiger charge is 2.22. The first kappa shape index (κ1) is 16.1.